The highest BCUT2D eigenvalue weighted by molar-refractivity contribution is 5.93. The van der Waals surface area contributed by atoms with Gasteiger partial charge in [-0.2, -0.15) is 9.97 Å². The number of hydrogen-bond donors (Lipinski definition) is 0. The van der Waals surface area contributed by atoms with Crippen molar-refractivity contribution in [1.29, 1.82) is 0 Å². The predicted molar refractivity (Wildman–Crippen MR) is 90.9 cm³/mol. The van der Waals surface area contributed by atoms with Gasteiger partial charge in [-0.1, -0.05) is 0 Å². The first-order chi connectivity index (χ1) is 10.7. The van der Waals surface area contributed by atoms with E-state index in [1.807, 2.05) is 0 Å². The standard InChI is InChI=1S/C17H25N5/c1-12-13(2)20(3)15-14(12)16(21-8-4-5-9-21)19-17(18-15)22-10-6-7-11-22/h4-11H2,1-3H3. The van der Waals surface area contributed by atoms with Crippen molar-refractivity contribution >= 4 is 22.8 Å². The molecule has 0 radical (unpaired) electrons. The van der Waals surface area contributed by atoms with E-state index in [1.165, 1.54) is 42.3 Å². The molecule has 2 saturated heterocycles. The van der Waals surface area contributed by atoms with Gasteiger partial charge in [0, 0.05) is 38.9 Å². The zero-order valence-electron chi connectivity index (χ0n) is 13.9. The van der Waals surface area contributed by atoms with Gasteiger partial charge in [-0.05, 0) is 45.1 Å². The van der Waals surface area contributed by atoms with Crippen LogP contribution in [0.2, 0.25) is 0 Å². The fraction of sp³-hybridized carbons (Fsp3) is 0.647. The van der Waals surface area contributed by atoms with Crippen molar-refractivity contribution in [2.24, 2.45) is 7.05 Å². The number of aryl methyl sites for hydroxylation is 2. The first-order valence-electron chi connectivity index (χ1n) is 8.50. The molecule has 0 aromatic carbocycles. The summed E-state index contributed by atoms with van der Waals surface area (Å²) >= 11 is 0. The van der Waals surface area contributed by atoms with Crippen LogP contribution in [0.4, 0.5) is 11.8 Å². The minimum Gasteiger partial charge on any atom is -0.356 e. The molecule has 0 unspecified atom stereocenters. The molecule has 118 valence electrons. The summed E-state index contributed by atoms with van der Waals surface area (Å²) in [5.41, 5.74) is 3.71. The number of anilines is 2. The largest absolute Gasteiger partial charge is 0.356 e. The summed E-state index contributed by atoms with van der Waals surface area (Å²) in [5, 5.41) is 1.25. The molecule has 0 saturated carbocycles. The van der Waals surface area contributed by atoms with Gasteiger partial charge in [0.15, 0.2) is 0 Å². The minimum absolute atomic E-state index is 0.924. The van der Waals surface area contributed by atoms with Gasteiger partial charge in [-0.25, -0.2) is 0 Å². The van der Waals surface area contributed by atoms with Crippen LogP contribution in [0, 0.1) is 13.8 Å². The first kappa shape index (κ1) is 13.9. The Kier molecular flexibility index (Phi) is 3.24. The van der Waals surface area contributed by atoms with Crippen molar-refractivity contribution in [3.05, 3.63) is 11.3 Å². The molecule has 2 aromatic heterocycles. The van der Waals surface area contributed by atoms with Crippen molar-refractivity contribution in [2.75, 3.05) is 36.0 Å². The molecule has 2 aliphatic rings. The number of aromatic nitrogens is 3. The Bertz CT molecular complexity index is 706. The van der Waals surface area contributed by atoms with Gasteiger partial charge in [-0.3, -0.25) is 0 Å². The zero-order valence-corrected chi connectivity index (χ0v) is 13.9. The van der Waals surface area contributed by atoms with Crippen molar-refractivity contribution < 1.29 is 0 Å². The molecule has 5 heteroatoms. The highest BCUT2D eigenvalue weighted by atomic mass is 15.3. The van der Waals surface area contributed by atoms with Gasteiger partial charge >= 0.3 is 0 Å². The van der Waals surface area contributed by atoms with Crippen molar-refractivity contribution in [3.8, 4) is 0 Å². The third-order valence-corrected chi connectivity index (χ3v) is 5.39. The highest BCUT2D eigenvalue weighted by Gasteiger charge is 2.25. The summed E-state index contributed by atoms with van der Waals surface area (Å²) in [4.78, 5) is 14.7. The highest BCUT2D eigenvalue weighted by Crippen LogP contribution is 2.34. The third-order valence-electron chi connectivity index (χ3n) is 5.39. The maximum absolute atomic E-state index is 5.01. The van der Waals surface area contributed by atoms with E-state index in [1.54, 1.807) is 0 Å². The Morgan fingerprint density at radius 3 is 2.05 bits per heavy atom. The molecule has 0 bridgehead atoms. The summed E-state index contributed by atoms with van der Waals surface area (Å²) in [6, 6.07) is 0. The normalized spacial score (nSPS) is 18.9. The van der Waals surface area contributed by atoms with Crippen LogP contribution in [0.25, 0.3) is 11.0 Å². The average molecular weight is 299 g/mol. The van der Waals surface area contributed by atoms with Crippen LogP contribution in [0.5, 0.6) is 0 Å². The quantitative estimate of drug-likeness (QED) is 0.854. The van der Waals surface area contributed by atoms with E-state index in [0.717, 1.165) is 43.6 Å². The number of nitrogens with zero attached hydrogens (tertiary/aromatic N) is 5. The predicted octanol–water partition coefficient (Wildman–Crippen LogP) is 2.79. The molecule has 2 fully saturated rings. The minimum atomic E-state index is 0.924. The van der Waals surface area contributed by atoms with E-state index < -0.39 is 0 Å². The lowest BCUT2D eigenvalue weighted by molar-refractivity contribution is 0.859. The molecule has 22 heavy (non-hydrogen) atoms. The van der Waals surface area contributed by atoms with Crippen molar-refractivity contribution in [1.82, 2.24) is 14.5 Å². The van der Waals surface area contributed by atoms with E-state index >= 15 is 0 Å². The van der Waals surface area contributed by atoms with Gasteiger partial charge in [-0.15, -0.1) is 0 Å². The molecule has 0 amide bonds. The monoisotopic (exact) mass is 299 g/mol. The summed E-state index contributed by atoms with van der Waals surface area (Å²) in [6.07, 6.45) is 5.06. The molecular weight excluding hydrogens is 274 g/mol. The van der Waals surface area contributed by atoms with Crippen LogP contribution in [-0.2, 0) is 7.05 Å². The van der Waals surface area contributed by atoms with Crippen LogP contribution in [0.3, 0.4) is 0 Å². The molecule has 0 atom stereocenters. The zero-order chi connectivity index (χ0) is 15.3. The van der Waals surface area contributed by atoms with Crippen molar-refractivity contribution in [3.63, 3.8) is 0 Å². The van der Waals surface area contributed by atoms with Gasteiger partial charge in [0.25, 0.3) is 0 Å². The van der Waals surface area contributed by atoms with Crippen LogP contribution < -0.4 is 9.80 Å². The lowest BCUT2D eigenvalue weighted by Gasteiger charge is -2.22. The third kappa shape index (κ3) is 1.98. The summed E-state index contributed by atoms with van der Waals surface area (Å²) < 4.78 is 2.23. The average Bonchev–Trinajstić information content (AvgIpc) is 3.26. The van der Waals surface area contributed by atoms with Crippen LogP contribution >= 0.6 is 0 Å². The molecule has 5 nitrogen and oxygen atoms in total. The second-order valence-corrected chi connectivity index (χ2v) is 6.70. The summed E-state index contributed by atoms with van der Waals surface area (Å²) in [6.45, 7) is 8.81. The van der Waals surface area contributed by atoms with E-state index in [-0.39, 0.29) is 0 Å². The lowest BCUT2D eigenvalue weighted by atomic mass is 10.2. The molecule has 4 heterocycles. The molecule has 4 rings (SSSR count). The fourth-order valence-corrected chi connectivity index (χ4v) is 3.81. The molecule has 0 aliphatic carbocycles. The second kappa shape index (κ2) is 5.14. The number of fused-ring (bicyclic) bond motifs is 1. The first-order valence-corrected chi connectivity index (χ1v) is 8.50. The molecular formula is C17H25N5. The van der Waals surface area contributed by atoms with Crippen LogP contribution in [0.15, 0.2) is 0 Å². The van der Waals surface area contributed by atoms with Crippen LogP contribution in [0.1, 0.15) is 36.9 Å². The molecule has 2 aliphatic heterocycles. The maximum atomic E-state index is 5.01. The number of hydrogen-bond acceptors (Lipinski definition) is 4. The Morgan fingerprint density at radius 1 is 0.818 bits per heavy atom. The Labute approximate surface area is 131 Å². The topological polar surface area (TPSA) is 37.2 Å². The van der Waals surface area contributed by atoms with E-state index in [4.69, 9.17) is 9.97 Å². The van der Waals surface area contributed by atoms with E-state index in [9.17, 15) is 0 Å². The summed E-state index contributed by atoms with van der Waals surface area (Å²) in [5.74, 6) is 2.08. The Hall–Kier alpha value is -1.78. The second-order valence-electron chi connectivity index (χ2n) is 6.70. The smallest absolute Gasteiger partial charge is 0.229 e. The Morgan fingerprint density at radius 2 is 1.41 bits per heavy atom. The van der Waals surface area contributed by atoms with Crippen LogP contribution in [-0.4, -0.2) is 40.7 Å². The molecule has 2 aromatic rings. The van der Waals surface area contributed by atoms with Gasteiger partial charge in [0.1, 0.15) is 11.5 Å². The van der Waals surface area contributed by atoms with Gasteiger partial charge in [0.05, 0.1) is 5.39 Å². The Balaban J connectivity index is 1.94. The van der Waals surface area contributed by atoms with Gasteiger partial charge in [0.2, 0.25) is 5.95 Å². The summed E-state index contributed by atoms with van der Waals surface area (Å²) in [7, 11) is 2.12. The lowest BCUT2D eigenvalue weighted by Crippen LogP contribution is -2.24. The maximum Gasteiger partial charge on any atom is 0.229 e. The van der Waals surface area contributed by atoms with E-state index in [2.05, 4.69) is 35.3 Å². The molecule has 0 N–H and O–H groups in total. The molecule has 0 spiro atoms. The van der Waals surface area contributed by atoms with E-state index in [0.29, 0.717) is 0 Å². The van der Waals surface area contributed by atoms with Crippen molar-refractivity contribution in [2.45, 2.75) is 39.5 Å². The number of rotatable bonds is 2. The van der Waals surface area contributed by atoms with Gasteiger partial charge < -0.3 is 14.4 Å². The SMILES string of the molecule is Cc1c(C)n(C)c2nc(N3CCCC3)nc(N3CCCC3)c12. The fourth-order valence-electron chi connectivity index (χ4n) is 3.81.